The highest BCUT2D eigenvalue weighted by atomic mass is 31.1. The van der Waals surface area contributed by atoms with E-state index < -0.39 is 40.4 Å². The zero-order valence-corrected chi connectivity index (χ0v) is 15.0. The van der Waals surface area contributed by atoms with Crippen LogP contribution in [-0.4, -0.2) is 0 Å². The van der Waals surface area contributed by atoms with Gasteiger partial charge in [-0.2, -0.15) is 10.5 Å². The molecule has 156 valence electrons. The fraction of sp³-hybridized carbons (Fsp3) is 0. The molecule has 2 aliphatic heterocycles. The van der Waals surface area contributed by atoms with Crippen LogP contribution in [0, 0.1) is 31.2 Å². The first kappa shape index (κ1) is 20.5. The maximum absolute atomic E-state index is 12.0. The summed E-state index contributed by atoms with van der Waals surface area (Å²) in [5.41, 5.74) is -0.146. The largest absolute Gasteiger partial charge is 0.594 e. The van der Waals surface area contributed by atoms with Gasteiger partial charge in [0.15, 0.2) is 11.4 Å². The zero-order chi connectivity index (χ0) is 20.7. The quantitative estimate of drug-likeness (QED) is 0.145. The van der Waals surface area contributed by atoms with Gasteiger partial charge in [-0.25, -0.2) is 0 Å². The first-order valence-electron chi connectivity index (χ1n) is 7.83. The fourth-order valence-electron chi connectivity index (χ4n) is 2.64. The molecule has 6 N–H and O–H groups in total. The molecule has 0 aromatic heterocycles. The van der Waals surface area contributed by atoms with Crippen LogP contribution >= 0.6 is 9.03 Å². The number of hydrogen-bond acceptors (Lipinski definition) is 10. The second-order valence-electron chi connectivity index (χ2n) is 5.74. The molecule has 6 atom stereocenters. The SMILES string of the molecule is [O-][NH+](OPO[NH+]([O-])c1ccc2c(c1)[NH+]([O-])O[NH+]2[O-])c1ccc2c(c1)[NH+]([O-])O[NH+]2[O-]. The lowest BCUT2D eigenvalue weighted by Crippen LogP contribution is -3.15. The van der Waals surface area contributed by atoms with Crippen LogP contribution in [0.1, 0.15) is 0 Å². The molecule has 2 aromatic rings. The Balaban J connectivity index is 1.35. The van der Waals surface area contributed by atoms with E-state index in [1.807, 2.05) is 0 Å². The molecule has 6 unspecified atom stereocenters. The van der Waals surface area contributed by atoms with Crippen molar-refractivity contribution in [3.63, 3.8) is 0 Å². The minimum atomic E-state index is -1.02. The normalized spacial score (nSPS) is 27.9. The minimum absolute atomic E-state index is 0.0362. The topological polar surface area (TPSA) is 202 Å². The van der Waals surface area contributed by atoms with Crippen molar-refractivity contribution < 1.29 is 50.5 Å². The molecule has 0 spiro atoms. The summed E-state index contributed by atoms with van der Waals surface area (Å²) >= 11 is 0. The van der Waals surface area contributed by atoms with Crippen molar-refractivity contribution in [1.29, 1.82) is 0 Å². The Morgan fingerprint density at radius 1 is 0.655 bits per heavy atom. The molecule has 0 saturated carbocycles. The number of quaternary nitrogens is 6. The van der Waals surface area contributed by atoms with Crippen LogP contribution in [0.4, 0.5) is 34.1 Å². The van der Waals surface area contributed by atoms with Crippen LogP contribution in [0.3, 0.4) is 0 Å². The zero-order valence-electron chi connectivity index (χ0n) is 14.0. The molecule has 29 heavy (non-hydrogen) atoms. The molecule has 4 rings (SSSR count). The Kier molecular flexibility index (Phi) is 5.77. The Morgan fingerprint density at radius 3 is 1.45 bits per heavy atom. The second-order valence-corrected chi connectivity index (χ2v) is 6.31. The van der Waals surface area contributed by atoms with Crippen molar-refractivity contribution in [2.75, 3.05) is 0 Å². The molecule has 2 aromatic carbocycles. The lowest BCUT2D eigenvalue weighted by molar-refractivity contribution is -1.24. The van der Waals surface area contributed by atoms with Crippen molar-refractivity contribution in [2.45, 2.75) is 0 Å². The van der Waals surface area contributed by atoms with Gasteiger partial charge >= 0.3 is 0 Å². The summed E-state index contributed by atoms with van der Waals surface area (Å²) in [4.78, 5) is 8.84. The Morgan fingerprint density at radius 2 is 1.03 bits per heavy atom. The predicted molar refractivity (Wildman–Crippen MR) is 89.5 cm³/mol. The van der Waals surface area contributed by atoms with Crippen LogP contribution in [0.5, 0.6) is 0 Å². The Labute approximate surface area is 162 Å². The molecule has 0 aliphatic carbocycles. The van der Waals surface area contributed by atoms with E-state index in [1.54, 1.807) is 0 Å². The van der Waals surface area contributed by atoms with Crippen LogP contribution < -0.4 is 31.4 Å². The van der Waals surface area contributed by atoms with Crippen LogP contribution in [0.25, 0.3) is 0 Å². The van der Waals surface area contributed by atoms with Gasteiger partial charge in [0.25, 0.3) is 9.03 Å². The van der Waals surface area contributed by atoms with Crippen molar-refractivity contribution in [2.24, 2.45) is 0 Å². The molecule has 0 saturated heterocycles. The lowest BCUT2D eigenvalue weighted by Gasteiger charge is -2.21. The van der Waals surface area contributed by atoms with E-state index >= 15 is 0 Å². The Hall–Kier alpha value is -1.77. The number of hydrogen-bond donors (Lipinski definition) is 6. The molecule has 16 nitrogen and oxygen atoms in total. The van der Waals surface area contributed by atoms with Crippen LogP contribution in [-0.2, 0) is 19.1 Å². The summed E-state index contributed by atoms with van der Waals surface area (Å²) in [6.07, 6.45) is 0. The predicted octanol–water partition coefficient (Wildman–Crippen LogP) is -5.44. The monoisotopic (exact) mass is 432 g/mol. The highest BCUT2D eigenvalue weighted by Gasteiger charge is 2.32. The summed E-state index contributed by atoms with van der Waals surface area (Å²) in [6, 6.07) is 7.30. The number of rotatable bonds is 6. The first-order chi connectivity index (χ1) is 13.8. The van der Waals surface area contributed by atoms with Crippen LogP contribution in [0.15, 0.2) is 36.4 Å². The van der Waals surface area contributed by atoms with Crippen LogP contribution in [0.2, 0.25) is 0 Å². The van der Waals surface area contributed by atoms with Crippen molar-refractivity contribution in [3.8, 4) is 0 Å². The molecule has 0 fully saturated rings. The number of nitrogens with one attached hydrogen (secondary N) is 6. The van der Waals surface area contributed by atoms with Gasteiger partial charge in [-0.05, 0) is 0 Å². The van der Waals surface area contributed by atoms with E-state index in [0.717, 1.165) is 12.1 Å². The van der Waals surface area contributed by atoms with E-state index in [-0.39, 0.29) is 34.1 Å². The summed E-state index contributed by atoms with van der Waals surface area (Å²) < 4.78 is 9.67. The highest BCUT2D eigenvalue weighted by Crippen LogP contribution is 2.21. The molecular formula is C12H13N6O10P. The Bertz CT molecular complexity index is 838. The summed E-state index contributed by atoms with van der Waals surface area (Å²) in [5, 5.41) is 64.7. The van der Waals surface area contributed by atoms with E-state index in [1.165, 1.54) is 24.3 Å². The summed E-state index contributed by atoms with van der Waals surface area (Å²) in [7, 11) is -1.02. The number of fused-ring (bicyclic) bond motifs is 2. The maximum Gasteiger partial charge on any atom is 0.290 e. The van der Waals surface area contributed by atoms with E-state index in [4.69, 9.17) is 9.25 Å². The maximum atomic E-state index is 12.0. The van der Waals surface area contributed by atoms with Gasteiger partial charge in [-0.3, -0.25) is 0 Å². The molecule has 0 radical (unpaired) electrons. The molecule has 2 heterocycles. The third-order valence-electron chi connectivity index (χ3n) is 4.03. The van der Waals surface area contributed by atoms with E-state index in [0.29, 0.717) is 0 Å². The molecule has 17 heteroatoms. The van der Waals surface area contributed by atoms with Crippen molar-refractivity contribution >= 4 is 43.2 Å². The molecule has 0 bridgehead atoms. The summed E-state index contributed by atoms with van der Waals surface area (Å²) in [5.74, 6) is 0. The van der Waals surface area contributed by atoms with E-state index in [9.17, 15) is 31.2 Å². The molecule has 0 amide bonds. The van der Waals surface area contributed by atoms with E-state index in [2.05, 4.69) is 9.88 Å². The average molecular weight is 432 g/mol. The van der Waals surface area contributed by atoms with Gasteiger partial charge in [0, 0.05) is 34.1 Å². The van der Waals surface area contributed by atoms with Gasteiger partial charge in [0.1, 0.15) is 0 Å². The third-order valence-corrected chi connectivity index (χ3v) is 4.57. The smallest absolute Gasteiger partial charge is 0.290 e. The van der Waals surface area contributed by atoms with Gasteiger partial charge in [0.2, 0.25) is 22.7 Å². The lowest BCUT2D eigenvalue weighted by atomic mass is 10.2. The standard InChI is InChI=1S/C12H13N6O10P/c19-13(7-1-3-9-11(5-7)17(23)25-15(9)21)27-29-28-14(20)8-2-4-10-12(6-8)18(24)26-16(10)22/h1-6,13-18,29H. The van der Waals surface area contributed by atoms with Gasteiger partial charge in [-0.1, -0.05) is 0 Å². The number of benzene rings is 2. The van der Waals surface area contributed by atoms with Gasteiger partial charge < -0.3 is 31.2 Å². The van der Waals surface area contributed by atoms with Gasteiger partial charge in [0.05, 0.1) is 12.1 Å². The summed E-state index contributed by atoms with van der Waals surface area (Å²) in [6.45, 7) is 0. The van der Waals surface area contributed by atoms with Crippen molar-refractivity contribution in [3.05, 3.63) is 67.6 Å². The molecule has 2 aliphatic rings. The second kappa shape index (κ2) is 8.16. The minimum Gasteiger partial charge on any atom is -0.594 e. The fourth-order valence-corrected chi connectivity index (χ4v) is 3.07. The molecular weight excluding hydrogens is 419 g/mol. The average Bonchev–Trinajstić information content (AvgIpc) is 3.16. The van der Waals surface area contributed by atoms with Crippen molar-refractivity contribution in [1.82, 2.24) is 0 Å². The highest BCUT2D eigenvalue weighted by molar-refractivity contribution is 7.25. The third kappa shape index (κ3) is 3.98. The first-order valence-corrected chi connectivity index (χ1v) is 8.65. The van der Waals surface area contributed by atoms with Gasteiger partial charge in [-0.15, -0.1) is 30.2 Å².